The number of fused-ring (bicyclic) bond motifs is 1. The Morgan fingerprint density at radius 3 is 2.51 bits per heavy atom. The number of pyridine rings is 1. The highest BCUT2D eigenvalue weighted by atomic mass is 32.2. The number of carbonyl (C=O) groups is 1. The Kier molecular flexibility index (Phi) is 13.8. The van der Waals surface area contributed by atoms with Gasteiger partial charge in [-0.3, -0.25) is 29.4 Å². The number of aryl methyl sites for hydroxylation is 1. The SMILES string of the molecule is CC(C)c1ccccc1[C@@H]1CN(Cc2cnn(C)c2)CCN1C1CC2(CCN(c3cc(Oc4cnc5[nH]ccc5c4)c(C(=O)NS(=O)(=O)c4ccc(NCC5CCC(C)(O)CC5)c([N+](=O)[O-])c4)cc3F)CC2)C1. The van der Waals surface area contributed by atoms with Crippen LogP contribution in [0.2, 0.25) is 0 Å². The predicted molar refractivity (Wildman–Crippen MR) is 277 cm³/mol. The molecular formula is C54H65FN10O7S. The maximum absolute atomic E-state index is 16.6. The van der Waals surface area contributed by atoms with Crippen molar-refractivity contribution in [1.29, 1.82) is 0 Å². The van der Waals surface area contributed by atoms with Gasteiger partial charge in [0.15, 0.2) is 0 Å². The van der Waals surface area contributed by atoms with E-state index in [1.54, 1.807) is 25.3 Å². The Hall–Kier alpha value is -6.41. The zero-order valence-corrected chi connectivity index (χ0v) is 42.7. The molecule has 73 heavy (non-hydrogen) atoms. The summed E-state index contributed by atoms with van der Waals surface area (Å²) in [5, 5.41) is 30.8. The molecule has 6 aromatic rings. The standard InChI is InChI=1S/C54H65FN10O7S/c1-35(2)42-7-5-6-8-43(42)49-34-62(33-37-30-59-61(4)32-37)21-22-64(49)39-27-54(28-39)16-19-63(20-17-54)47-26-50(72-40-23-38-13-18-56-51(38)58-31-40)44(25-45(47)55)52(66)60-73(70,71)41-9-10-46(48(24-41)65(68)69)57-29-36-11-14-53(3,67)15-12-36/h5-10,13,18,23-26,30-32,35-36,39,49,57,67H,11-12,14-17,19-22,27-29,33-34H2,1-4H3,(H,56,58)(H,60,66)/t36?,49-,53?/m0/s1. The molecule has 0 bridgehead atoms. The summed E-state index contributed by atoms with van der Waals surface area (Å²) < 4.78 is 54.4. The molecule has 0 radical (unpaired) electrons. The van der Waals surface area contributed by atoms with Crippen LogP contribution < -0.4 is 19.7 Å². The fourth-order valence-electron chi connectivity index (χ4n) is 11.8. The quantitative estimate of drug-likeness (QED) is 0.0561. The molecule has 1 amide bonds. The van der Waals surface area contributed by atoms with E-state index in [2.05, 4.69) is 74.5 Å². The lowest BCUT2D eigenvalue weighted by Crippen LogP contribution is -2.60. The first-order valence-electron chi connectivity index (χ1n) is 25.5. The summed E-state index contributed by atoms with van der Waals surface area (Å²) in [7, 11) is -2.77. The van der Waals surface area contributed by atoms with E-state index >= 15 is 4.39 Å². The molecule has 1 spiro atoms. The molecule has 4 aliphatic rings. The molecule has 10 rings (SSSR count). The molecule has 0 unspecified atom stereocenters. The Morgan fingerprint density at radius 1 is 1.01 bits per heavy atom. The van der Waals surface area contributed by atoms with Gasteiger partial charge in [0.25, 0.3) is 21.6 Å². The van der Waals surface area contributed by atoms with Crippen LogP contribution in [0.4, 0.5) is 21.5 Å². The van der Waals surface area contributed by atoms with Crippen molar-refractivity contribution in [2.45, 2.75) is 107 Å². The molecule has 2 aliphatic heterocycles. The van der Waals surface area contributed by atoms with Gasteiger partial charge in [-0.25, -0.2) is 22.5 Å². The fraction of sp³-hybridized carbons (Fsp3) is 0.463. The van der Waals surface area contributed by atoms with Crippen molar-refractivity contribution in [2.24, 2.45) is 18.4 Å². The first-order valence-corrected chi connectivity index (χ1v) is 27.0. The van der Waals surface area contributed by atoms with E-state index in [0.29, 0.717) is 50.1 Å². The molecule has 3 aromatic heterocycles. The van der Waals surface area contributed by atoms with Crippen LogP contribution in [0.25, 0.3) is 11.0 Å². The maximum atomic E-state index is 16.6. The average molecular weight is 1020 g/mol. The van der Waals surface area contributed by atoms with Crippen molar-refractivity contribution in [1.82, 2.24) is 34.3 Å². The molecule has 5 heterocycles. The zero-order valence-electron chi connectivity index (χ0n) is 41.9. The number of amides is 1. The third kappa shape index (κ3) is 10.8. The Morgan fingerprint density at radius 2 is 1.78 bits per heavy atom. The number of aliphatic hydroxyl groups is 1. The van der Waals surface area contributed by atoms with Crippen molar-refractivity contribution >= 4 is 44.0 Å². The van der Waals surface area contributed by atoms with E-state index in [4.69, 9.17) is 4.74 Å². The highest BCUT2D eigenvalue weighted by Gasteiger charge is 2.50. The highest BCUT2D eigenvalue weighted by Crippen LogP contribution is 2.54. The number of anilines is 2. The molecule has 17 nitrogen and oxygen atoms in total. The van der Waals surface area contributed by atoms with Crippen LogP contribution in [0.15, 0.2) is 96.4 Å². The van der Waals surface area contributed by atoms with Gasteiger partial charge in [-0.2, -0.15) is 5.10 Å². The van der Waals surface area contributed by atoms with E-state index in [-0.39, 0.29) is 45.8 Å². The van der Waals surface area contributed by atoms with Gasteiger partial charge in [0.1, 0.15) is 28.7 Å². The number of aromatic nitrogens is 4. The third-order valence-electron chi connectivity index (χ3n) is 16.0. The molecule has 2 saturated carbocycles. The zero-order chi connectivity index (χ0) is 51.2. The van der Waals surface area contributed by atoms with Gasteiger partial charge < -0.3 is 25.0 Å². The van der Waals surface area contributed by atoms with E-state index in [1.807, 2.05) is 27.5 Å². The summed E-state index contributed by atoms with van der Waals surface area (Å²) >= 11 is 0. The van der Waals surface area contributed by atoms with Crippen LogP contribution in [-0.4, -0.2) is 105 Å². The number of H-pyrrole nitrogens is 1. The molecule has 2 aliphatic carbocycles. The number of hydrogen-bond acceptors (Lipinski definition) is 13. The largest absolute Gasteiger partial charge is 0.455 e. The fourth-order valence-corrected chi connectivity index (χ4v) is 12.8. The Labute approximate surface area is 425 Å². The number of nitrogens with zero attached hydrogens (tertiary/aromatic N) is 7. The van der Waals surface area contributed by atoms with E-state index in [1.165, 1.54) is 41.1 Å². The van der Waals surface area contributed by atoms with Crippen LogP contribution in [0.5, 0.6) is 11.5 Å². The minimum atomic E-state index is -4.72. The molecular weight excluding hydrogens is 952 g/mol. The predicted octanol–water partition coefficient (Wildman–Crippen LogP) is 9.04. The average Bonchev–Trinajstić information content (AvgIpc) is 4.01. The summed E-state index contributed by atoms with van der Waals surface area (Å²) in [6.45, 7) is 11.6. The van der Waals surface area contributed by atoms with Crippen molar-refractivity contribution in [3.63, 3.8) is 0 Å². The number of halogens is 1. The number of nitro benzene ring substituents is 1. The van der Waals surface area contributed by atoms with Crippen LogP contribution in [0, 0.1) is 27.3 Å². The molecule has 3 aromatic carbocycles. The lowest BCUT2D eigenvalue weighted by Gasteiger charge is -2.58. The first kappa shape index (κ1) is 50.1. The van der Waals surface area contributed by atoms with Crippen LogP contribution in [-0.2, 0) is 23.6 Å². The minimum absolute atomic E-state index is 0.0880. The number of nitrogens with one attached hydrogen (secondary N) is 3. The second-order valence-electron chi connectivity index (χ2n) is 21.5. The summed E-state index contributed by atoms with van der Waals surface area (Å²) in [4.78, 5) is 39.8. The van der Waals surface area contributed by atoms with Gasteiger partial charge in [0.05, 0.1) is 39.1 Å². The number of aromatic amines is 1. The number of benzene rings is 3. The summed E-state index contributed by atoms with van der Waals surface area (Å²) in [5.41, 5.74) is 3.44. The molecule has 1 atom stereocenters. The Bertz CT molecular complexity index is 3110. The van der Waals surface area contributed by atoms with Gasteiger partial charge in [-0.15, -0.1) is 0 Å². The van der Waals surface area contributed by atoms with Gasteiger partial charge >= 0.3 is 0 Å². The van der Waals surface area contributed by atoms with Crippen LogP contribution in [0.1, 0.15) is 111 Å². The van der Waals surface area contributed by atoms with E-state index < -0.39 is 42.9 Å². The smallest absolute Gasteiger partial charge is 0.293 e. The minimum Gasteiger partial charge on any atom is -0.455 e. The molecule has 4 N–H and O–H groups in total. The molecule has 386 valence electrons. The summed E-state index contributed by atoms with van der Waals surface area (Å²) in [6, 6.07) is 18.9. The second-order valence-corrected chi connectivity index (χ2v) is 23.2. The number of sulfonamides is 1. The number of piperidine rings is 1. The second kappa shape index (κ2) is 20.1. The van der Waals surface area contributed by atoms with Crippen LogP contribution in [0.3, 0.4) is 0 Å². The van der Waals surface area contributed by atoms with Gasteiger partial charge in [-0.1, -0.05) is 38.1 Å². The van der Waals surface area contributed by atoms with Gasteiger partial charge in [0.2, 0.25) is 0 Å². The molecule has 19 heteroatoms. The summed E-state index contributed by atoms with van der Waals surface area (Å²) in [5.74, 6) is -1.19. The van der Waals surface area contributed by atoms with Gasteiger partial charge in [-0.05, 0) is 117 Å². The lowest BCUT2D eigenvalue weighted by molar-refractivity contribution is -0.384. The number of hydrogen-bond donors (Lipinski definition) is 4. The van der Waals surface area contributed by atoms with Crippen molar-refractivity contribution < 1.29 is 32.4 Å². The van der Waals surface area contributed by atoms with E-state index in [0.717, 1.165) is 82.2 Å². The summed E-state index contributed by atoms with van der Waals surface area (Å²) in [6.07, 6.45) is 13.7. The maximum Gasteiger partial charge on any atom is 0.293 e. The third-order valence-corrected chi connectivity index (χ3v) is 17.3. The first-order chi connectivity index (χ1) is 34.9. The van der Waals surface area contributed by atoms with Crippen molar-refractivity contribution in [3.05, 3.63) is 130 Å². The normalized spacial score (nSPS) is 21.9. The number of piperazine rings is 1. The number of carbonyl (C=O) groups excluding carboxylic acids is 1. The Balaban J connectivity index is 0.848. The van der Waals surface area contributed by atoms with Crippen molar-refractivity contribution in [2.75, 3.05) is 49.5 Å². The lowest BCUT2D eigenvalue weighted by atomic mass is 9.59. The molecule has 2 saturated heterocycles. The van der Waals surface area contributed by atoms with Crippen molar-refractivity contribution in [3.8, 4) is 11.5 Å². The molecule has 4 fully saturated rings. The number of nitro groups is 1. The van der Waals surface area contributed by atoms with E-state index in [9.17, 15) is 28.4 Å². The number of ether oxygens (including phenoxy) is 1. The number of rotatable bonds is 15. The topological polar surface area (TPSA) is 204 Å². The van der Waals surface area contributed by atoms with Gasteiger partial charge in [0, 0.05) is 100 Å². The van der Waals surface area contributed by atoms with Crippen LogP contribution >= 0.6 is 0 Å². The highest BCUT2D eigenvalue weighted by molar-refractivity contribution is 7.90. The monoisotopic (exact) mass is 1020 g/mol.